The third kappa shape index (κ3) is 9.28. The van der Waals surface area contributed by atoms with Crippen molar-refractivity contribution in [2.75, 3.05) is 26.2 Å². The van der Waals surface area contributed by atoms with Crippen molar-refractivity contribution in [2.45, 2.75) is 0 Å². The summed E-state index contributed by atoms with van der Waals surface area (Å²) in [6, 6.07) is 0. The Balaban J connectivity index is 0. The van der Waals surface area contributed by atoms with Crippen LogP contribution >= 0.6 is 0 Å². The van der Waals surface area contributed by atoms with Crippen molar-refractivity contribution in [3.05, 3.63) is 0 Å². The summed E-state index contributed by atoms with van der Waals surface area (Å²) in [7, 11) is 0. The zero-order valence-electron chi connectivity index (χ0n) is 6.69. The SMILES string of the molecule is O=C([O-])CN(CCO)CC(=O)[O-].[Co+2]. The molecule has 0 amide bonds. The minimum Gasteiger partial charge on any atom is -0.549 e. The summed E-state index contributed by atoms with van der Waals surface area (Å²) in [6.07, 6.45) is 0. The summed E-state index contributed by atoms with van der Waals surface area (Å²) in [5.41, 5.74) is 0. The second kappa shape index (κ2) is 7.99. The molecular weight excluding hydrogens is 225 g/mol. The Morgan fingerprint density at radius 2 is 1.54 bits per heavy atom. The molecule has 0 aromatic rings. The predicted molar refractivity (Wildman–Crippen MR) is 33.5 cm³/mol. The van der Waals surface area contributed by atoms with Crippen molar-refractivity contribution in [2.24, 2.45) is 0 Å². The first kappa shape index (κ1) is 14.9. The second-order valence-electron chi connectivity index (χ2n) is 2.18. The van der Waals surface area contributed by atoms with Crippen molar-refractivity contribution in [3.8, 4) is 0 Å². The molecule has 13 heavy (non-hydrogen) atoms. The molecular formula is C6H9CoNO5. The van der Waals surface area contributed by atoms with Crippen LogP contribution in [-0.2, 0) is 26.4 Å². The number of aliphatic hydroxyl groups is 1. The number of carbonyl (C=O) groups excluding carboxylic acids is 2. The fraction of sp³-hybridized carbons (Fsp3) is 0.667. The largest absolute Gasteiger partial charge is 2.00 e. The van der Waals surface area contributed by atoms with Crippen molar-refractivity contribution in [1.82, 2.24) is 4.90 Å². The second-order valence-corrected chi connectivity index (χ2v) is 2.18. The van der Waals surface area contributed by atoms with Gasteiger partial charge in [-0.1, -0.05) is 0 Å². The molecule has 0 aliphatic carbocycles. The van der Waals surface area contributed by atoms with E-state index < -0.39 is 25.0 Å². The Bertz CT molecular complexity index is 158. The van der Waals surface area contributed by atoms with E-state index in [0.29, 0.717) is 0 Å². The number of rotatable bonds is 6. The number of carboxylic acid groups (broad SMARTS) is 2. The van der Waals surface area contributed by atoms with Gasteiger partial charge in [0.1, 0.15) is 0 Å². The molecule has 0 rings (SSSR count). The van der Waals surface area contributed by atoms with Crippen LogP contribution in [0.25, 0.3) is 0 Å². The van der Waals surface area contributed by atoms with Gasteiger partial charge in [-0.05, 0) is 0 Å². The molecule has 0 unspecified atom stereocenters. The smallest absolute Gasteiger partial charge is 0.549 e. The van der Waals surface area contributed by atoms with Crippen LogP contribution in [0, 0.1) is 0 Å². The van der Waals surface area contributed by atoms with Gasteiger partial charge in [0.2, 0.25) is 0 Å². The van der Waals surface area contributed by atoms with E-state index in [4.69, 9.17) is 5.11 Å². The summed E-state index contributed by atoms with van der Waals surface area (Å²) < 4.78 is 0. The minimum absolute atomic E-state index is 0. The summed E-state index contributed by atoms with van der Waals surface area (Å²) in [5.74, 6) is -2.77. The van der Waals surface area contributed by atoms with Crippen molar-refractivity contribution in [1.29, 1.82) is 0 Å². The molecule has 77 valence electrons. The average Bonchev–Trinajstić information content (AvgIpc) is 1.84. The van der Waals surface area contributed by atoms with E-state index in [-0.39, 0.29) is 29.9 Å². The molecule has 6 nitrogen and oxygen atoms in total. The Morgan fingerprint density at radius 3 is 1.77 bits per heavy atom. The Kier molecular flexibility index (Phi) is 9.13. The van der Waals surface area contributed by atoms with Crippen LogP contribution in [0.1, 0.15) is 0 Å². The van der Waals surface area contributed by atoms with Crippen LogP contribution in [0.3, 0.4) is 0 Å². The van der Waals surface area contributed by atoms with Crippen LogP contribution in [0.5, 0.6) is 0 Å². The number of nitrogens with zero attached hydrogens (tertiary/aromatic N) is 1. The molecule has 0 bridgehead atoms. The fourth-order valence-electron chi connectivity index (χ4n) is 0.721. The molecule has 0 aliphatic rings. The molecule has 7 heteroatoms. The monoisotopic (exact) mass is 234 g/mol. The summed E-state index contributed by atoms with van der Waals surface area (Å²) in [4.78, 5) is 21.0. The summed E-state index contributed by atoms with van der Waals surface area (Å²) in [6.45, 7) is -1.37. The van der Waals surface area contributed by atoms with Gasteiger partial charge in [-0.2, -0.15) is 0 Å². The van der Waals surface area contributed by atoms with Crippen molar-refractivity contribution < 1.29 is 41.7 Å². The number of hydrogen-bond donors (Lipinski definition) is 1. The molecule has 0 fully saturated rings. The van der Waals surface area contributed by atoms with E-state index in [9.17, 15) is 19.8 Å². The van der Waals surface area contributed by atoms with Gasteiger partial charge < -0.3 is 24.9 Å². The molecule has 0 aliphatic heterocycles. The van der Waals surface area contributed by atoms with E-state index in [1.165, 1.54) is 0 Å². The molecule has 0 atom stereocenters. The molecule has 0 saturated carbocycles. The number of hydrogen-bond acceptors (Lipinski definition) is 6. The zero-order chi connectivity index (χ0) is 9.56. The van der Waals surface area contributed by atoms with Gasteiger partial charge in [-0.25, -0.2) is 0 Å². The molecule has 0 aromatic carbocycles. The van der Waals surface area contributed by atoms with Gasteiger partial charge in [0.25, 0.3) is 0 Å². The molecule has 0 spiro atoms. The maximum Gasteiger partial charge on any atom is 2.00 e. The van der Waals surface area contributed by atoms with Gasteiger partial charge in [0.05, 0.1) is 18.5 Å². The van der Waals surface area contributed by atoms with E-state index in [1.54, 1.807) is 0 Å². The standard InChI is InChI=1S/C6H11NO5.Co/c8-2-1-7(3-5(9)10)4-6(11)12;/h8H,1-4H2,(H,9,10)(H,11,12);/q;+2/p-2. The first-order valence-corrected chi connectivity index (χ1v) is 3.29. The van der Waals surface area contributed by atoms with Gasteiger partial charge >= 0.3 is 16.8 Å². The van der Waals surface area contributed by atoms with Crippen LogP contribution in [-0.4, -0.2) is 48.2 Å². The van der Waals surface area contributed by atoms with Crippen LogP contribution in [0.4, 0.5) is 0 Å². The van der Waals surface area contributed by atoms with Crippen LogP contribution < -0.4 is 10.2 Å². The summed E-state index contributed by atoms with van der Waals surface area (Å²) >= 11 is 0. The van der Waals surface area contributed by atoms with E-state index >= 15 is 0 Å². The van der Waals surface area contributed by atoms with E-state index in [0.717, 1.165) is 4.90 Å². The number of aliphatic carboxylic acids is 2. The number of carboxylic acids is 2. The van der Waals surface area contributed by atoms with Crippen molar-refractivity contribution in [3.63, 3.8) is 0 Å². The normalized spacial score (nSPS) is 9.38. The average molecular weight is 234 g/mol. The van der Waals surface area contributed by atoms with Crippen molar-refractivity contribution >= 4 is 11.9 Å². The Morgan fingerprint density at radius 1 is 1.15 bits per heavy atom. The first-order chi connectivity index (χ1) is 5.56. The predicted octanol–water partition coefficient (Wildman–Crippen LogP) is -4.22. The molecule has 0 saturated heterocycles. The summed E-state index contributed by atoms with van der Waals surface area (Å²) in [5, 5.41) is 28.4. The van der Waals surface area contributed by atoms with E-state index in [2.05, 4.69) is 0 Å². The maximum absolute atomic E-state index is 10.0. The number of carbonyl (C=O) groups is 2. The quantitative estimate of drug-likeness (QED) is 0.499. The van der Waals surface area contributed by atoms with Crippen LogP contribution in [0.15, 0.2) is 0 Å². The minimum atomic E-state index is -1.38. The Labute approximate surface area is 85.3 Å². The van der Waals surface area contributed by atoms with Gasteiger partial charge in [0, 0.05) is 19.6 Å². The first-order valence-electron chi connectivity index (χ1n) is 3.29. The third-order valence-corrected chi connectivity index (χ3v) is 1.12. The van der Waals surface area contributed by atoms with Gasteiger partial charge in [0.15, 0.2) is 0 Å². The van der Waals surface area contributed by atoms with E-state index in [1.807, 2.05) is 0 Å². The fourth-order valence-corrected chi connectivity index (χ4v) is 0.721. The third-order valence-electron chi connectivity index (χ3n) is 1.12. The maximum atomic E-state index is 10.0. The number of aliphatic hydroxyl groups excluding tert-OH is 1. The van der Waals surface area contributed by atoms with Crippen LogP contribution in [0.2, 0.25) is 0 Å². The zero-order valence-corrected chi connectivity index (χ0v) is 7.73. The molecule has 1 radical (unpaired) electrons. The molecule has 1 N–H and O–H groups in total. The van der Waals surface area contributed by atoms with Gasteiger partial charge in [-0.15, -0.1) is 0 Å². The topological polar surface area (TPSA) is 104 Å². The Hall–Kier alpha value is -0.634. The van der Waals surface area contributed by atoms with Gasteiger partial charge in [-0.3, -0.25) is 4.90 Å². The molecule has 0 heterocycles. The molecule has 0 aromatic heterocycles.